The van der Waals surface area contributed by atoms with Crippen LogP contribution in [0, 0.1) is 3.57 Å². The van der Waals surface area contributed by atoms with Crippen LogP contribution in [0.15, 0.2) is 23.1 Å². The quantitative estimate of drug-likeness (QED) is 0.775. The van der Waals surface area contributed by atoms with Gasteiger partial charge >= 0.3 is 5.97 Å². The van der Waals surface area contributed by atoms with E-state index >= 15 is 0 Å². The van der Waals surface area contributed by atoms with Crippen LogP contribution in [0.2, 0.25) is 0 Å². The van der Waals surface area contributed by atoms with E-state index in [0.29, 0.717) is 10.1 Å². The van der Waals surface area contributed by atoms with Crippen LogP contribution in [0.3, 0.4) is 0 Å². The SMILES string of the molecule is CCN(C(C)C)S(=O)(=O)c1ccc(I)c(C(=O)O)c1. The molecule has 0 saturated carbocycles. The average Bonchev–Trinajstić information content (AvgIpc) is 2.28. The van der Waals surface area contributed by atoms with Crippen molar-refractivity contribution in [1.29, 1.82) is 0 Å². The lowest BCUT2D eigenvalue weighted by molar-refractivity contribution is 0.0695. The number of benzene rings is 1. The Kier molecular flexibility index (Phi) is 5.34. The second-order valence-electron chi connectivity index (χ2n) is 4.25. The molecular formula is C12H16INO4S. The maximum atomic E-state index is 12.4. The van der Waals surface area contributed by atoms with Crippen LogP contribution >= 0.6 is 22.6 Å². The second kappa shape index (κ2) is 6.19. The molecule has 0 amide bonds. The molecule has 1 N–H and O–H groups in total. The molecule has 19 heavy (non-hydrogen) atoms. The molecule has 0 heterocycles. The normalized spacial score (nSPS) is 12.1. The molecule has 106 valence electrons. The molecule has 1 rings (SSSR count). The molecule has 1 aromatic rings. The highest BCUT2D eigenvalue weighted by Crippen LogP contribution is 2.22. The van der Waals surface area contributed by atoms with Gasteiger partial charge in [-0.15, -0.1) is 0 Å². The third-order valence-corrected chi connectivity index (χ3v) is 5.75. The molecule has 0 aromatic heterocycles. The third-order valence-electron chi connectivity index (χ3n) is 2.66. The van der Waals surface area contributed by atoms with Gasteiger partial charge in [0.2, 0.25) is 10.0 Å². The Labute approximate surface area is 126 Å². The van der Waals surface area contributed by atoms with E-state index in [0.717, 1.165) is 0 Å². The minimum Gasteiger partial charge on any atom is -0.478 e. The summed E-state index contributed by atoms with van der Waals surface area (Å²) in [6, 6.07) is 3.98. The fourth-order valence-corrected chi connectivity index (χ4v) is 4.02. The number of aromatic carboxylic acids is 1. The van der Waals surface area contributed by atoms with Gasteiger partial charge in [-0.3, -0.25) is 0 Å². The molecule has 0 aliphatic rings. The summed E-state index contributed by atoms with van der Waals surface area (Å²) in [6.07, 6.45) is 0. The maximum absolute atomic E-state index is 12.4. The van der Waals surface area contributed by atoms with E-state index in [9.17, 15) is 13.2 Å². The van der Waals surface area contributed by atoms with Crippen molar-refractivity contribution in [3.8, 4) is 0 Å². The van der Waals surface area contributed by atoms with E-state index in [4.69, 9.17) is 5.11 Å². The molecule has 0 saturated heterocycles. The van der Waals surface area contributed by atoms with Gasteiger partial charge in [-0.05, 0) is 54.6 Å². The lowest BCUT2D eigenvalue weighted by atomic mass is 10.2. The highest BCUT2D eigenvalue weighted by atomic mass is 127. The number of carboxylic acid groups (broad SMARTS) is 1. The monoisotopic (exact) mass is 397 g/mol. The summed E-state index contributed by atoms with van der Waals surface area (Å²) in [5.41, 5.74) is 0.00137. The minimum absolute atomic E-state index is 0.00137. The molecule has 0 aliphatic heterocycles. The Hall–Kier alpha value is -0.670. The van der Waals surface area contributed by atoms with Gasteiger partial charge in [0.05, 0.1) is 10.5 Å². The molecule has 7 heteroatoms. The number of nitrogens with zero attached hydrogens (tertiary/aromatic N) is 1. The summed E-state index contributed by atoms with van der Waals surface area (Å²) < 4.78 is 26.7. The second-order valence-corrected chi connectivity index (χ2v) is 7.30. The number of carbonyl (C=O) groups is 1. The summed E-state index contributed by atoms with van der Waals surface area (Å²) in [5.74, 6) is -1.13. The molecular weight excluding hydrogens is 381 g/mol. The lowest BCUT2D eigenvalue weighted by Gasteiger charge is -2.24. The van der Waals surface area contributed by atoms with Crippen LogP contribution in [0.4, 0.5) is 0 Å². The minimum atomic E-state index is -3.66. The van der Waals surface area contributed by atoms with Crippen molar-refractivity contribution in [1.82, 2.24) is 4.31 Å². The highest BCUT2D eigenvalue weighted by Gasteiger charge is 2.26. The van der Waals surface area contributed by atoms with Crippen LogP contribution in [0.25, 0.3) is 0 Å². The van der Waals surface area contributed by atoms with Gasteiger partial charge in [-0.25, -0.2) is 13.2 Å². The van der Waals surface area contributed by atoms with E-state index in [-0.39, 0.29) is 16.5 Å². The van der Waals surface area contributed by atoms with Crippen molar-refractivity contribution in [2.24, 2.45) is 0 Å². The smallest absolute Gasteiger partial charge is 0.336 e. The van der Waals surface area contributed by atoms with E-state index in [1.807, 2.05) is 22.6 Å². The first-order valence-electron chi connectivity index (χ1n) is 5.76. The van der Waals surface area contributed by atoms with Gasteiger partial charge < -0.3 is 5.11 Å². The standard InChI is InChI=1S/C12H16INO4S/c1-4-14(8(2)3)19(17,18)9-5-6-11(13)10(7-9)12(15)16/h5-8H,4H2,1-3H3,(H,15,16). The molecule has 1 aromatic carbocycles. The third kappa shape index (κ3) is 3.46. The summed E-state index contributed by atoms with van der Waals surface area (Å²) in [4.78, 5) is 11.1. The Morgan fingerprint density at radius 2 is 2.00 bits per heavy atom. The first-order chi connectivity index (χ1) is 8.71. The first kappa shape index (κ1) is 16.4. The first-order valence-corrected chi connectivity index (χ1v) is 8.28. The summed E-state index contributed by atoms with van der Waals surface area (Å²) >= 11 is 1.87. The highest BCUT2D eigenvalue weighted by molar-refractivity contribution is 14.1. The number of halogens is 1. The predicted octanol–water partition coefficient (Wildman–Crippen LogP) is 2.41. The van der Waals surface area contributed by atoms with Gasteiger partial charge in [0.25, 0.3) is 0 Å². The van der Waals surface area contributed by atoms with Gasteiger partial charge in [0.1, 0.15) is 0 Å². The Morgan fingerprint density at radius 3 is 2.42 bits per heavy atom. The molecule has 0 unspecified atom stereocenters. The molecule has 0 bridgehead atoms. The van der Waals surface area contributed by atoms with Crippen molar-refractivity contribution < 1.29 is 18.3 Å². The van der Waals surface area contributed by atoms with Gasteiger partial charge in [-0.1, -0.05) is 6.92 Å². The molecule has 0 spiro atoms. The Morgan fingerprint density at radius 1 is 1.42 bits per heavy atom. The number of hydrogen-bond donors (Lipinski definition) is 1. The lowest BCUT2D eigenvalue weighted by Crippen LogP contribution is -2.36. The fourth-order valence-electron chi connectivity index (χ4n) is 1.78. The van der Waals surface area contributed by atoms with Gasteiger partial charge in [-0.2, -0.15) is 4.31 Å². The maximum Gasteiger partial charge on any atom is 0.336 e. The molecule has 0 fully saturated rings. The zero-order chi connectivity index (χ0) is 14.8. The van der Waals surface area contributed by atoms with Crippen molar-refractivity contribution >= 4 is 38.6 Å². The molecule has 0 radical (unpaired) electrons. The zero-order valence-electron chi connectivity index (χ0n) is 10.9. The van der Waals surface area contributed by atoms with Crippen molar-refractivity contribution in [2.45, 2.75) is 31.7 Å². The topological polar surface area (TPSA) is 74.7 Å². The molecule has 5 nitrogen and oxygen atoms in total. The van der Waals surface area contributed by atoms with Gasteiger partial charge in [0.15, 0.2) is 0 Å². The average molecular weight is 397 g/mol. The largest absolute Gasteiger partial charge is 0.478 e. The van der Waals surface area contributed by atoms with E-state index in [2.05, 4.69) is 0 Å². The van der Waals surface area contributed by atoms with E-state index < -0.39 is 16.0 Å². The molecule has 0 aliphatic carbocycles. The number of rotatable bonds is 5. The summed E-state index contributed by atoms with van der Waals surface area (Å²) in [5, 5.41) is 9.05. The molecule has 0 atom stereocenters. The van der Waals surface area contributed by atoms with Gasteiger partial charge in [0, 0.05) is 16.2 Å². The number of carboxylic acids is 1. The van der Waals surface area contributed by atoms with Crippen molar-refractivity contribution in [3.63, 3.8) is 0 Å². The van der Waals surface area contributed by atoms with Crippen LogP contribution in [-0.4, -0.2) is 36.4 Å². The van der Waals surface area contributed by atoms with E-state index in [1.54, 1.807) is 20.8 Å². The fraction of sp³-hybridized carbons (Fsp3) is 0.417. The number of hydrogen-bond acceptors (Lipinski definition) is 3. The summed E-state index contributed by atoms with van der Waals surface area (Å²) in [7, 11) is -3.66. The number of sulfonamides is 1. The van der Waals surface area contributed by atoms with Crippen LogP contribution in [0.5, 0.6) is 0 Å². The summed E-state index contributed by atoms with van der Waals surface area (Å²) in [6.45, 7) is 5.66. The Bertz CT molecular complexity index is 583. The van der Waals surface area contributed by atoms with Crippen LogP contribution < -0.4 is 0 Å². The van der Waals surface area contributed by atoms with Crippen molar-refractivity contribution in [2.75, 3.05) is 6.54 Å². The van der Waals surface area contributed by atoms with Crippen molar-refractivity contribution in [3.05, 3.63) is 27.3 Å². The van der Waals surface area contributed by atoms with Crippen LogP contribution in [0.1, 0.15) is 31.1 Å². The van der Waals surface area contributed by atoms with E-state index in [1.165, 1.54) is 22.5 Å². The zero-order valence-corrected chi connectivity index (χ0v) is 13.9. The Balaban J connectivity index is 3.37. The predicted molar refractivity (Wildman–Crippen MR) is 80.8 cm³/mol. The van der Waals surface area contributed by atoms with Crippen LogP contribution in [-0.2, 0) is 10.0 Å².